The summed E-state index contributed by atoms with van der Waals surface area (Å²) in [6.07, 6.45) is 12.2. The summed E-state index contributed by atoms with van der Waals surface area (Å²) in [6, 6.07) is 0. The largest absolute Gasteiger partial charge is 0.481 e. The summed E-state index contributed by atoms with van der Waals surface area (Å²) in [5.41, 5.74) is 2.20. The molecular weight excluding hydrogens is 382 g/mol. The average molecular weight is 410 g/mol. The van der Waals surface area contributed by atoms with Gasteiger partial charge in [0.1, 0.15) is 6.61 Å². The molecular formula is C16H28O8P2. The van der Waals surface area contributed by atoms with E-state index >= 15 is 0 Å². The van der Waals surface area contributed by atoms with Crippen molar-refractivity contribution in [1.82, 2.24) is 0 Å². The molecule has 0 heterocycles. The van der Waals surface area contributed by atoms with Crippen molar-refractivity contribution < 1.29 is 37.0 Å². The highest BCUT2D eigenvalue weighted by Gasteiger charge is 2.33. The molecule has 2 N–H and O–H groups in total. The van der Waals surface area contributed by atoms with Gasteiger partial charge in [0.05, 0.1) is 6.61 Å². The Morgan fingerprint density at radius 2 is 1.77 bits per heavy atom. The number of phosphoric ester groups is 2. The Hall–Kier alpha value is -0.740. The zero-order valence-electron chi connectivity index (χ0n) is 15.4. The van der Waals surface area contributed by atoms with Crippen LogP contribution in [0.3, 0.4) is 0 Å². The molecule has 150 valence electrons. The minimum atomic E-state index is -4.67. The molecule has 0 spiro atoms. The molecule has 0 radical (unpaired) electrons. The molecule has 0 aliphatic carbocycles. The Morgan fingerprint density at radius 3 is 2.38 bits per heavy atom. The molecule has 10 heteroatoms. The molecule has 0 bridgehead atoms. The lowest BCUT2D eigenvalue weighted by molar-refractivity contribution is 0.164. The van der Waals surface area contributed by atoms with Crippen LogP contribution in [0.4, 0.5) is 0 Å². The summed E-state index contributed by atoms with van der Waals surface area (Å²) in [4.78, 5) is 18.3. The van der Waals surface area contributed by atoms with Gasteiger partial charge in [-0.1, -0.05) is 29.2 Å². The second-order valence-electron chi connectivity index (χ2n) is 5.50. The van der Waals surface area contributed by atoms with Gasteiger partial charge >= 0.3 is 15.6 Å². The summed E-state index contributed by atoms with van der Waals surface area (Å²) in [5.74, 6) is 2.42. The SMILES string of the molecule is C#CCOCCC/C(C)=C/CC/C(C)=C/COP(=O)(O)OP(=O)(O)OC. The second-order valence-corrected chi connectivity index (χ2v) is 8.65. The number of terminal acetylenes is 1. The van der Waals surface area contributed by atoms with E-state index < -0.39 is 15.6 Å². The molecule has 0 rings (SSSR count). The van der Waals surface area contributed by atoms with Crippen molar-refractivity contribution in [2.75, 3.05) is 26.9 Å². The van der Waals surface area contributed by atoms with Crippen LogP contribution in [0, 0.1) is 12.3 Å². The number of rotatable bonds is 14. The minimum Gasteiger partial charge on any atom is -0.369 e. The molecule has 0 saturated carbocycles. The highest BCUT2D eigenvalue weighted by Crippen LogP contribution is 2.59. The van der Waals surface area contributed by atoms with Gasteiger partial charge in [-0.15, -0.1) is 6.42 Å². The molecule has 0 fully saturated rings. The molecule has 0 aliphatic heterocycles. The van der Waals surface area contributed by atoms with Crippen LogP contribution in [-0.4, -0.2) is 36.7 Å². The first kappa shape index (κ1) is 25.3. The first-order chi connectivity index (χ1) is 12.1. The van der Waals surface area contributed by atoms with Gasteiger partial charge < -0.3 is 14.5 Å². The van der Waals surface area contributed by atoms with E-state index in [2.05, 4.69) is 25.4 Å². The van der Waals surface area contributed by atoms with Crippen molar-refractivity contribution in [3.8, 4) is 12.3 Å². The Kier molecular flexibility index (Phi) is 13.0. The maximum Gasteiger partial charge on any atom is 0.481 e. The van der Waals surface area contributed by atoms with Gasteiger partial charge in [-0.05, 0) is 39.5 Å². The van der Waals surface area contributed by atoms with Crippen LogP contribution in [0.5, 0.6) is 0 Å². The van der Waals surface area contributed by atoms with Crippen molar-refractivity contribution in [2.24, 2.45) is 0 Å². The van der Waals surface area contributed by atoms with Crippen molar-refractivity contribution in [2.45, 2.75) is 39.5 Å². The van der Waals surface area contributed by atoms with Crippen molar-refractivity contribution in [3.63, 3.8) is 0 Å². The molecule has 0 saturated heterocycles. The fraction of sp³-hybridized carbons (Fsp3) is 0.625. The van der Waals surface area contributed by atoms with E-state index in [1.54, 1.807) is 6.08 Å². The van der Waals surface area contributed by atoms with E-state index in [0.717, 1.165) is 38.4 Å². The number of allylic oxidation sites excluding steroid dienone is 3. The Morgan fingerprint density at radius 1 is 1.12 bits per heavy atom. The summed E-state index contributed by atoms with van der Waals surface area (Å²) in [7, 11) is -8.38. The topological polar surface area (TPSA) is 112 Å². The van der Waals surface area contributed by atoms with Gasteiger partial charge in [0.2, 0.25) is 0 Å². The normalized spacial score (nSPS) is 17.4. The quantitative estimate of drug-likeness (QED) is 0.192. The van der Waals surface area contributed by atoms with Crippen LogP contribution < -0.4 is 0 Å². The first-order valence-electron chi connectivity index (χ1n) is 8.01. The lowest BCUT2D eigenvalue weighted by Gasteiger charge is -2.13. The lowest BCUT2D eigenvalue weighted by atomic mass is 10.1. The number of ether oxygens (including phenoxy) is 1. The fourth-order valence-corrected chi connectivity index (χ4v) is 3.56. The minimum absolute atomic E-state index is 0.224. The van der Waals surface area contributed by atoms with Gasteiger partial charge in [0.25, 0.3) is 0 Å². The third kappa shape index (κ3) is 14.4. The van der Waals surface area contributed by atoms with E-state index in [1.165, 1.54) is 5.57 Å². The number of hydrogen-bond acceptors (Lipinski definition) is 6. The van der Waals surface area contributed by atoms with Crippen LogP contribution in [-0.2, 0) is 27.2 Å². The van der Waals surface area contributed by atoms with Gasteiger partial charge in [-0.25, -0.2) is 9.13 Å². The highest BCUT2D eigenvalue weighted by atomic mass is 31.3. The molecule has 8 nitrogen and oxygen atoms in total. The van der Waals surface area contributed by atoms with E-state index in [9.17, 15) is 14.0 Å². The van der Waals surface area contributed by atoms with Gasteiger partial charge in [-0.2, -0.15) is 4.31 Å². The molecule has 0 aliphatic rings. The zero-order valence-corrected chi connectivity index (χ0v) is 17.2. The summed E-state index contributed by atoms with van der Waals surface area (Å²) >= 11 is 0. The van der Waals surface area contributed by atoms with Crippen molar-refractivity contribution >= 4 is 15.6 Å². The van der Waals surface area contributed by atoms with Crippen molar-refractivity contribution in [1.29, 1.82) is 0 Å². The maximum absolute atomic E-state index is 11.5. The van der Waals surface area contributed by atoms with Gasteiger partial charge in [0, 0.05) is 13.7 Å². The Labute approximate surface area is 155 Å². The number of hydrogen-bond donors (Lipinski definition) is 2. The van der Waals surface area contributed by atoms with Gasteiger partial charge in [-0.3, -0.25) is 9.05 Å². The summed E-state index contributed by atoms with van der Waals surface area (Å²) < 4.78 is 40.5. The predicted octanol–water partition coefficient (Wildman–Crippen LogP) is 3.97. The van der Waals surface area contributed by atoms with Crippen LogP contribution >= 0.6 is 15.6 Å². The fourth-order valence-electron chi connectivity index (χ4n) is 1.80. The molecule has 26 heavy (non-hydrogen) atoms. The Balaban J connectivity index is 4.11. The molecule has 0 aromatic heterocycles. The molecule has 2 unspecified atom stereocenters. The smallest absolute Gasteiger partial charge is 0.369 e. The van der Waals surface area contributed by atoms with Crippen LogP contribution in [0.25, 0.3) is 0 Å². The first-order valence-corrected chi connectivity index (χ1v) is 11.0. The van der Waals surface area contributed by atoms with Crippen LogP contribution in [0.2, 0.25) is 0 Å². The standard InChI is InChI=1S/C16H28O8P2/c1-5-12-22-13-7-10-15(2)8-6-9-16(3)11-14-23-26(19,20)24-25(17,18)21-4/h1,8,11H,6-7,9-10,12-14H2,2-4H3,(H,17,18)(H,19,20)/b15-8+,16-11+. The van der Waals surface area contributed by atoms with Gasteiger partial charge in [0.15, 0.2) is 0 Å². The maximum atomic E-state index is 11.5. The molecule has 0 amide bonds. The summed E-state index contributed by atoms with van der Waals surface area (Å²) in [6.45, 7) is 4.65. The summed E-state index contributed by atoms with van der Waals surface area (Å²) in [5, 5.41) is 0. The third-order valence-corrected chi connectivity index (χ3v) is 5.77. The molecule has 0 aromatic rings. The monoisotopic (exact) mass is 410 g/mol. The van der Waals surface area contributed by atoms with E-state index in [1.807, 2.05) is 13.8 Å². The van der Waals surface area contributed by atoms with Crippen LogP contribution in [0.1, 0.15) is 39.5 Å². The number of phosphoric acid groups is 2. The van der Waals surface area contributed by atoms with E-state index in [0.29, 0.717) is 13.2 Å². The molecule has 2 atom stereocenters. The second kappa shape index (κ2) is 13.4. The zero-order chi connectivity index (χ0) is 20.1. The Bertz CT molecular complexity index is 606. The predicted molar refractivity (Wildman–Crippen MR) is 99.3 cm³/mol. The average Bonchev–Trinajstić information content (AvgIpc) is 2.53. The van der Waals surface area contributed by atoms with Crippen LogP contribution in [0.15, 0.2) is 23.3 Å². The lowest BCUT2D eigenvalue weighted by Crippen LogP contribution is -1.96. The highest BCUT2D eigenvalue weighted by molar-refractivity contribution is 7.61. The van der Waals surface area contributed by atoms with E-state index in [-0.39, 0.29) is 6.61 Å². The third-order valence-electron chi connectivity index (χ3n) is 3.18. The molecule has 0 aromatic carbocycles. The van der Waals surface area contributed by atoms with E-state index in [4.69, 9.17) is 16.1 Å². The van der Waals surface area contributed by atoms with Crippen molar-refractivity contribution in [3.05, 3.63) is 23.3 Å².